The smallest absolute Gasteiger partial charge is 0.226 e. The highest BCUT2D eigenvalue weighted by molar-refractivity contribution is 5.97. The fourth-order valence-electron chi connectivity index (χ4n) is 3.14. The van der Waals surface area contributed by atoms with Crippen LogP contribution in [-0.4, -0.2) is 33.5 Å². The Morgan fingerprint density at radius 2 is 1.93 bits per heavy atom. The van der Waals surface area contributed by atoms with Crippen LogP contribution in [-0.2, 0) is 18.3 Å². The van der Waals surface area contributed by atoms with E-state index in [1.165, 1.54) is 0 Å². The lowest BCUT2D eigenvalue weighted by Gasteiger charge is -2.19. The van der Waals surface area contributed by atoms with Crippen LogP contribution >= 0.6 is 0 Å². The molecule has 0 unspecified atom stereocenters. The first kappa shape index (κ1) is 19.5. The maximum atomic E-state index is 12.4. The first-order valence-electron chi connectivity index (χ1n) is 9.23. The van der Waals surface area contributed by atoms with Gasteiger partial charge in [0.15, 0.2) is 5.78 Å². The molecule has 0 radical (unpaired) electrons. The summed E-state index contributed by atoms with van der Waals surface area (Å²) < 4.78 is 1.68. The van der Waals surface area contributed by atoms with E-state index in [0.29, 0.717) is 18.4 Å². The Morgan fingerprint density at radius 3 is 2.50 bits per heavy atom. The molecule has 0 saturated carbocycles. The van der Waals surface area contributed by atoms with Gasteiger partial charge in [-0.25, -0.2) is 0 Å². The van der Waals surface area contributed by atoms with E-state index in [1.54, 1.807) is 35.1 Å². The van der Waals surface area contributed by atoms with Gasteiger partial charge in [-0.1, -0.05) is 13.0 Å². The summed E-state index contributed by atoms with van der Waals surface area (Å²) in [4.78, 5) is 30.5. The lowest BCUT2D eigenvalue weighted by atomic mass is 10.0. The van der Waals surface area contributed by atoms with Crippen molar-refractivity contribution >= 4 is 17.4 Å². The van der Waals surface area contributed by atoms with Crippen molar-refractivity contribution in [1.29, 1.82) is 0 Å². The zero-order valence-corrected chi connectivity index (χ0v) is 16.6. The topological polar surface area (TPSA) is 68.1 Å². The van der Waals surface area contributed by atoms with E-state index >= 15 is 0 Å². The monoisotopic (exact) mass is 376 g/mol. The fraction of sp³-hybridized carbons (Fsp3) is 0.273. The van der Waals surface area contributed by atoms with E-state index < -0.39 is 0 Å². The van der Waals surface area contributed by atoms with Crippen LogP contribution in [0.25, 0.3) is 11.3 Å². The third-order valence-electron chi connectivity index (χ3n) is 4.74. The molecule has 0 spiro atoms. The number of rotatable bonds is 6. The van der Waals surface area contributed by atoms with Crippen LogP contribution < -0.4 is 4.90 Å². The highest BCUT2D eigenvalue weighted by Gasteiger charge is 2.13. The number of amides is 1. The van der Waals surface area contributed by atoms with Crippen LogP contribution in [0.2, 0.25) is 0 Å². The summed E-state index contributed by atoms with van der Waals surface area (Å²) in [7, 11) is 3.61. The lowest BCUT2D eigenvalue weighted by Crippen LogP contribution is -2.25. The minimum atomic E-state index is 0.0123. The van der Waals surface area contributed by atoms with Crippen molar-refractivity contribution in [3.63, 3.8) is 0 Å². The largest absolute Gasteiger partial charge is 0.315 e. The molecule has 1 aromatic carbocycles. The van der Waals surface area contributed by atoms with Crippen LogP contribution in [0.15, 0.2) is 48.9 Å². The van der Waals surface area contributed by atoms with Gasteiger partial charge in [0.2, 0.25) is 5.91 Å². The van der Waals surface area contributed by atoms with E-state index in [1.807, 2.05) is 51.4 Å². The highest BCUT2D eigenvalue weighted by Crippen LogP contribution is 2.26. The van der Waals surface area contributed by atoms with Gasteiger partial charge in [0, 0.05) is 56.1 Å². The van der Waals surface area contributed by atoms with Gasteiger partial charge in [0.25, 0.3) is 0 Å². The molecule has 3 rings (SSSR count). The quantitative estimate of drug-likeness (QED) is 0.617. The number of anilines is 1. The Morgan fingerprint density at radius 1 is 1.14 bits per heavy atom. The molecule has 0 fully saturated rings. The molecule has 144 valence electrons. The minimum Gasteiger partial charge on any atom is -0.315 e. The summed E-state index contributed by atoms with van der Waals surface area (Å²) in [5, 5.41) is 4.09. The molecule has 0 saturated heterocycles. The summed E-state index contributed by atoms with van der Waals surface area (Å²) in [5.74, 6) is 0.0868. The zero-order chi connectivity index (χ0) is 20.3. The predicted octanol–water partition coefficient (Wildman–Crippen LogP) is 3.59. The Hall–Kier alpha value is -3.28. The van der Waals surface area contributed by atoms with Crippen molar-refractivity contribution in [3.8, 4) is 11.3 Å². The Kier molecular flexibility index (Phi) is 5.68. The van der Waals surface area contributed by atoms with Crippen molar-refractivity contribution < 1.29 is 9.59 Å². The van der Waals surface area contributed by atoms with Crippen LogP contribution in [0.1, 0.15) is 34.8 Å². The number of aromatic nitrogens is 3. The van der Waals surface area contributed by atoms with Crippen molar-refractivity contribution in [2.75, 3.05) is 11.9 Å². The number of carbonyl (C=O) groups excluding carboxylic acids is 2. The third kappa shape index (κ3) is 4.17. The molecule has 0 bridgehead atoms. The first-order chi connectivity index (χ1) is 13.4. The molecule has 2 aromatic heterocycles. The van der Waals surface area contributed by atoms with Crippen molar-refractivity contribution in [3.05, 3.63) is 65.6 Å². The Bertz CT molecular complexity index is 1010. The zero-order valence-electron chi connectivity index (χ0n) is 16.6. The minimum absolute atomic E-state index is 0.0123. The lowest BCUT2D eigenvalue weighted by molar-refractivity contribution is -0.118. The van der Waals surface area contributed by atoms with Crippen molar-refractivity contribution in [2.24, 2.45) is 7.05 Å². The van der Waals surface area contributed by atoms with Crippen LogP contribution in [0.4, 0.5) is 5.69 Å². The maximum absolute atomic E-state index is 12.4. The molecule has 3 aromatic rings. The number of pyridine rings is 1. The van der Waals surface area contributed by atoms with Crippen LogP contribution in [0.5, 0.6) is 0 Å². The standard InChI is InChI=1S/C22H24N4O2/c1-5-22(28)26(4)20-9-7-17(10-15(20)2)19-8-6-18(13-23-19)21(27)11-16-12-24-25(3)14-16/h6-10,12-14H,5,11H2,1-4H3. The number of hydrogen-bond donors (Lipinski definition) is 0. The first-order valence-corrected chi connectivity index (χ1v) is 9.23. The summed E-state index contributed by atoms with van der Waals surface area (Å²) in [6, 6.07) is 9.54. The van der Waals surface area contributed by atoms with E-state index in [9.17, 15) is 9.59 Å². The average Bonchev–Trinajstić information content (AvgIpc) is 3.11. The fourth-order valence-corrected chi connectivity index (χ4v) is 3.14. The number of hydrogen-bond acceptors (Lipinski definition) is 4. The van der Waals surface area contributed by atoms with Gasteiger partial charge < -0.3 is 4.90 Å². The summed E-state index contributed by atoms with van der Waals surface area (Å²) in [6.07, 6.45) is 5.92. The van der Waals surface area contributed by atoms with Gasteiger partial charge >= 0.3 is 0 Å². The molecular formula is C22H24N4O2. The summed E-state index contributed by atoms with van der Waals surface area (Å²) in [5.41, 5.74) is 5.09. The number of benzene rings is 1. The second kappa shape index (κ2) is 8.17. The van der Waals surface area contributed by atoms with E-state index in [2.05, 4.69) is 10.1 Å². The van der Waals surface area contributed by atoms with Crippen LogP contribution in [0, 0.1) is 6.92 Å². The molecular weight excluding hydrogens is 352 g/mol. The number of ketones is 1. The molecule has 0 atom stereocenters. The molecule has 0 aliphatic heterocycles. The van der Waals surface area contributed by atoms with Crippen LogP contribution in [0.3, 0.4) is 0 Å². The van der Waals surface area contributed by atoms with Crippen molar-refractivity contribution in [1.82, 2.24) is 14.8 Å². The van der Waals surface area contributed by atoms with Gasteiger partial charge in [-0.05, 0) is 42.3 Å². The second-order valence-corrected chi connectivity index (χ2v) is 6.86. The summed E-state index contributed by atoms with van der Waals surface area (Å²) in [6.45, 7) is 3.83. The SMILES string of the molecule is CCC(=O)N(C)c1ccc(-c2ccc(C(=O)Cc3cnn(C)c3)cn2)cc1C. The Labute approximate surface area is 164 Å². The highest BCUT2D eigenvalue weighted by atomic mass is 16.2. The molecule has 1 amide bonds. The number of aryl methyl sites for hydroxylation is 2. The molecule has 0 aliphatic rings. The van der Waals surface area contributed by atoms with E-state index in [4.69, 9.17) is 0 Å². The number of nitrogens with zero attached hydrogens (tertiary/aromatic N) is 4. The van der Waals surface area contributed by atoms with E-state index in [-0.39, 0.29) is 11.7 Å². The molecule has 6 nitrogen and oxygen atoms in total. The normalized spacial score (nSPS) is 10.7. The van der Waals surface area contributed by atoms with E-state index in [0.717, 1.165) is 28.1 Å². The second-order valence-electron chi connectivity index (χ2n) is 6.86. The number of Topliss-reactive ketones (excluding diaryl/α,β-unsaturated/α-hetero) is 1. The average molecular weight is 376 g/mol. The third-order valence-corrected chi connectivity index (χ3v) is 4.74. The molecule has 0 aliphatic carbocycles. The van der Waals surface area contributed by atoms with Gasteiger partial charge in [-0.2, -0.15) is 5.10 Å². The summed E-state index contributed by atoms with van der Waals surface area (Å²) >= 11 is 0. The molecule has 0 N–H and O–H groups in total. The molecule has 2 heterocycles. The number of carbonyl (C=O) groups is 2. The van der Waals surface area contributed by atoms with Gasteiger partial charge in [-0.15, -0.1) is 0 Å². The molecule has 6 heteroatoms. The molecule has 28 heavy (non-hydrogen) atoms. The van der Waals surface area contributed by atoms with Crippen molar-refractivity contribution in [2.45, 2.75) is 26.7 Å². The predicted molar refractivity (Wildman–Crippen MR) is 109 cm³/mol. The van der Waals surface area contributed by atoms with Gasteiger partial charge in [0.1, 0.15) is 0 Å². The van der Waals surface area contributed by atoms with Gasteiger partial charge in [-0.3, -0.25) is 19.3 Å². The van der Waals surface area contributed by atoms with Gasteiger partial charge in [0.05, 0.1) is 11.9 Å². The Balaban J connectivity index is 1.77. The maximum Gasteiger partial charge on any atom is 0.226 e.